The Labute approximate surface area is 149 Å². The van der Waals surface area contributed by atoms with Crippen molar-refractivity contribution in [2.24, 2.45) is 4.99 Å². The van der Waals surface area contributed by atoms with Crippen LogP contribution in [-0.4, -0.2) is 66.3 Å². The molecule has 0 saturated carbocycles. The topological polar surface area (TPSA) is 68.3 Å². The lowest BCUT2D eigenvalue weighted by Crippen LogP contribution is -2.45. The number of likely N-dealkylation sites (tertiary alicyclic amines) is 1. The first-order valence-corrected chi connectivity index (χ1v) is 8.63. The highest BCUT2D eigenvalue weighted by Crippen LogP contribution is 2.19. The van der Waals surface area contributed by atoms with Gasteiger partial charge in [0.2, 0.25) is 0 Å². The van der Waals surface area contributed by atoms with E-state index in [0.29, 0.717) is 38.4 Å². The van der Waals surface area contributed by atoms with Crippen molar-refractivity contribution in [1.29, 1.82) is 0 Å². The van der Waals surface area contributed by atoms with Gasteiger partial charge in [0.15, 0.2) is 5.96 Å². The van der Waals surface area contributed by atoms with Crippen LogP contribution in [0.1, 0.15) is 12.2 Å². The normalized spacial score (nSPS) is 19.2. The van der Waals surface area contributed by atoms with Crippen molar-refractivity contribution >= 4 is 17.0 Å². The molecule has 2 heterocycles. The highest BCUT2D eigenvalue weighted by molar-refractivity contribution is 5.80. The van der Waals surface area contributed by atoms with Gasteiger partial charge < -0.3 is 15.6 Å². The van der Waals surface area contributed by atoms with E-state index in [0.717, 1.165) is 16.9 Å². The monoisotopic (exact) mass is 368 g/mol. The number of imidazole rings is 1. The Hall–Kier alpha value is -2.29. The van der Waals surface area contributed by atoms with Crippen LogP contribution in [0.15, 0.2) is 29.3 Å². The molecule has 1 aromatic heterocycles. The van der Waals surface area contributed by atoms with Gasteiger partial charge in [-0.1, -0.05) is 12.1 Å². The molecular weight excluding hydrogens is 345 g/mol. The molecule has 1 atom stereocenters. The molecule has 142 valence electrons. The summed E-state index contributed by atoms with van der Waals surface area (Å²) >= 11 is 0. The number of nitrogens with zero attached hydrogens (tertiary/aromatic N) is 3. The number of nitrogens with one attached hydrogen (secondary N) is 3. The first-order chi connectivity index (χ1) is 12.4. The fourth-order valence-electron chi connectivity index (χ4n) is 3.16. The number of aliphatic imine (C=N–C) groups is 1. The van der Waals surface area contributed by atoms with Crippen LogP contribution in [0.2, 0.25) is 0 Å². The summed E-state index contributed by atoms with van der Waals surface area (Å²) in [6.07, 6.45) is -2.79. The molecule has 0 radical (unpaired) electrons. The molecule has 2 aromatic rings. The van der Waals surface area contributed by atoms with Crippen molar-refractivity contribution in [3.8, 4) is 0 Å². The largest absolute Gasteiger partial charge is 0.401 e. The zero-order chi connectivity index (χ0) is 18.6. The number of rotatable bonds is 5. The number of aromatic amines is 1. The molecule has 1 aliphatic heterocycles. The third kappa shape index (κ3) is 5.10. The van der Waals surface area contributed by atoms with Gasteiger partial charge in [-0.05, 0) is 18.6 Å². The second kappa shape index (κ2) is 7.94. The molecule has 3 N–H and O–H groups in total. The fourth-order valence-corrected chi connectivity index (χ4v) is 3.16. The van der Waals surface area contributed by atoms with Crippen molar-refractivity contribution in [1.82, 2.24) is 25.5 Å². The molecule has 6 nitrogen and oxygen atoms in total. The van der Waals surface area contributed by atoms with E-state index in [1.54, 1.807) is 7.05 Å². The highest BCUT2D eigenvalue weighted by Gasteiger charge is 2.34. The van der Waals surface area contributed by atoms with Crippen LogP contribution >= 0.6 is 0 Å². The van der Waals surface area contributed by atoms with Gasteiger partial charge in [0.25, 0.3) is 0 Å². The maximum atomic E-state index is 12.5. The summed E-state index contributed by atoms with van der Waals surface area (Å²) in [5.74, 6) is 1.48. The van der Waals surface area contributed by atoms with E-state index in [1.807, 2.05) is 24.3 Å². The zero-order valence-electron chi connectivity index (χ0n) is 14.6. The number of hydrogen-bond donors (Lipinski definition) is 3. The number of guanidine groups is 1. The summed E-state index contributed by atoms with van der Waals surface area (Å²) in [4.78, 5) is 13.3. The summed E-state index contributed by atoms with van der Waals surface area (Å²) in [6, 6.07) is 7.80. The number of aromatic nitrogens is 2. The molecule has 1 aromatic carbocycles. The van der Waals surface area contributed by atoms with E-state index in [-0.39, 0.29) is 6.04 Å². The number of benzene rings is 1. The third-order valence-corrected chi connectivity index (χ3v) is 4.33. The lowest BCUT2D eigenvalue weighted by Gasteiger charge is -2.19. The highest BCUT2D eigenvalue weighted by atomic mass is 19.4. The average molecular weight is 368 g/mol. The third-order valence-electron chi connectivity index (χ3n) is 4.33. The Morgan fingerprint density at radius 3 is 2.92 bits per heavy atom. The first kappa shape index (κ1) is 18.5. The molecule has 0 aliphatic carbocycles. The first-order valence-electron chi connectivity index (χ1n) is 8.63. The molecule has 1 saturated heterocycles. The molecule has 3 rings (SSSR count). The predicted molar refractivity (Wildman–Crippen MR) is 95.2 cm³/mol. The van der Waals surface area contributed by atoms with Crippen molar-refractivity contribution < 1.29 is 13.2 Å². The Balaban J connectivity index is 1.43. The summed E-state index contributed by atoms with van der Waals surface area (Å²) in [5.41, 5.74) is 1.93. The van der Waals surface area contributed by atoms with Crippen LogP contribution in [0.3, 0.4) is 0 Å². The quantitative estimate of drug-likeness (QED) is 0.557. The Bertz CT molecular complexity index is 721. The van der Waals surface area contributed by atoms with Gasteiger partial charge >= 0.3 is 6.18 Å². The predicted octanol–water partition coefficient (Wildman–Crippen LogP) is 1.91. The zero-order valence-corrected chi connectivity index (χ0v) is 14.6. The standard InChI is InChI=1S/C17H23F3N6/c1-21-16(23-12-7-9-26(10-12)11-17(18,19)20)22-8-6-15-24-13-4-2-3-5-14(13)25-15/h2-5,12H,6-11H2,1H3,(H,24,25)(H2,21,22,23). The smallest absolute Gasteiger partial charge is 0.356 e. The summed E-state index contributed by atoms with van der Waals surface area (Å²) in [5, 5.41) is 6.38. The number of fused-ring (bicyclic) bond motifs is 1. The molecule has 0 spiro atoms. The summed E-state index contributed by atoms with van der Waals surface area (Å²) < 4.78 is 37.4. The van der Waals surface area contributed by atoms with Crippen molar-refractivity contribution in [2.45, 2.75) is 25.1 Å². The van der Waals surface area contributed by atoms with Crippen LogP contribution in [0, 0.1) is 0 Å². The fraction of sp³-hybridized carbons (Fsp3) is 0.529. The number of para-hydroxylation sites is 2. The molecular formula is C17H23F3N6. The average Bonchev–Trinajstić information content (AvgIpc) is 3.18. The molecule has 1 aliphatic rings. The molecule has 26 heavy (non-hydrogen) atoms. The number of H-pyrrole nitrogens is 1. The minimum Gasteiger partial charge on any atom is -0.356 e. The molecule has 1 unspecified atom stereocenters. The summed E-state index contributed by atoms with van der Waals surface area (Å²) in [6.45, 7) is 0.568. The van der Waals surface area contributed by atoms with Crippen LogP contribution in [0.25, 0.3) is 11.0 Å². The number of alkyl halides is 3. The van der Waals surface area contributed by atoms with Crippen molar-refractivity contribution in [3.05, 3.63) is 30.1 Å². The maximum absolute atomic E-state index is 12.5. The second-order valence-corrected chi connectivity index (χ2v) is 6.43. The van der Waals surface area contributed by atoms with Crippen LogP contribution in [-0.2, 0) is 6.42 Å². The van der Waals surface area contributed by atoms with Crippen LogP contribution in [0.4, 0.5) is 13.2 Å². The lowest BCUT2D eigenvalue weighted by atomic mass is 10.3. The van der Waals surface area contributed by atoms with Crippen LogP contribution < -0.4 is 10.6 Å². The Kier molecular flexibility index (Phi) is 5.65. The minimum atomic E-state index is -4.15. The van der Waals surface area contributed by atoms with E-state index in [9.17, 15) is 13.2 Å². The molecule has 1 fully saturated rings. The van der Waals surface area contributed by atoms with E-state index in [1.165, 1.54) is 4.90 Å². The van der Waals surface area contributed by atoms with Crippen molar-refractivity contribution in [3.63, 3.8) is 0 Å². The molecule has 0 bridgehead atoms. The van der Waals surface area contributed by atoms with E-state index >= 15 is 0 Å². The SMILES string of the molecule is CN=C(NCCc1nc2ccccc2[nH]1)NC1CCN(CC(F)(F)F)C1. The van der Waals surface area contributed by atoms with Gasteiger partial charge in [-0.3, -0.25) is 9.89 Å². The van der Waals surface area contributed by atoms with E-state index < -0.39 is 12.7 Å². The van der Waals surface area contributed by atoms with Gasteiger partial charge in [0.05, 0.1) is 17.6 Å². The van der Waals surface area contributed by atoms with E-state index in [2.05, 4.69) is 25.6 Å². The molecule has 9 heteroatoms. The molecule has 0 amide bonds. The lowest BCUT2D eigenvalue weighted by molar-refractivity contribution is -0.143. The Morgan fingerprint density at radius 1 is 1.38 bits per heavy atom. The maximum Gasteiger partial charge on any atom is 0.401 e. The minimum absolute atomic E-state index is 0.0326. The van der Waals surface area contributed by atoms with Gasteiger partial charge in [0, 0.05) is 39.1 Å². The second-order valence-electron chi connectivity index (χ2n) is 6.43. The number of hydrogen-bond acceptors (Lipinski definition) is 3. The number of halogens is 3. The van der Waals surface area contributed by atoms with Crippen molar-refractivity contribution in [2.75, 3.05) is 33.2 Å². The summed E-state index contributed by atoms with van der Waals surface area (Å²) in [7, 11) is 1.65. The van der Waals surface area contributed by atoms with Gasteiger partial charge in [0.1, 0.15) is 5.82 Å². The van der Waals surface area contributed by atoms with Gasteiger partial charge in [-0.2, -0.15) is 13.2 Å². The van der Waals surface area contributed by atoms with Gasteiger partial charge in [-0.15, -0.1) is 0 Å². The van der Waals surface area contributed by atoms with Crippen LogP contribution in [0.5, 0.6) is 0 Å². The van der Waals surface area contributed by atoms with E-state index in [4.69, 9.17) is 0 Å². The van der Waals surface area contributed by atoms with Gasteiger partial charge in [-0.25, -0.2) is 4.98 Å². The Morgan fingerprint density at radius 2 is 2.19 bits per heavy atom.